The van der Waals surface area contributed by atoms with Gasteiger partial charge >= 0.3 is 5.97 Å². The molecule has 0 bridgehead atoms. The number of aromatic nitrogens is 1. The minimum Gasteiger partial charge on any atom is -0.478 e. The number of likely N-dealkylation sites (tertiary alicyclic amines) is 1. The summed E-state index contributed by atoms with van der Waals surface area (Å²) in [6.07, 6.45) is 2.51. The van der Waals surface area contributed by atoms with Crippen molar-refractivity contribution in [3.05, 3.63) is 22.9 Å². The Hall–Kier alpha value is -1.62. The first-order valence-corrected chi connectivity index (χ1v) is 7.18. The number of hydrogen-bond acceptors (Lipinski definition) is 4. The van der Waals surface area contributed by atoms with Gasteiger partial charge in [-0.05, 0) is 58.3 Å². The van der Waals surface area contributed by atoms with Crippen LogP contribution in [0.3, 0.4) is 0 Å². The Labute approximate surface area is 120 Å². The number of nitrogens with one attached hydrogen (secondary N) is 1. The van der Waals surface area contributed by atoms with Gasteiger partial charge in [-0.2, -0.15) is 0 Å². The maximum absolute atomic E-state index is 11.4. The normalized spacial score (nSPS) is 17.1. The minimum absolute atomic E-state index is 0.282. The molecule has 0 aliphatic carbocycles. The van der Waals surface area contributed by atoms with Crippen molar-refractivity contribution in [3.63, 3.8) is 0 Å². The molecule has 2 rings (SSSR count). The van der Waals surface area contributed by atoms with Crippen LogP contribution in [-0.4, -0.2) is 46.6 Å². The monoisotopic (exact) mass is 277 g/mol. The molecule has 1 unspecified atom stereocenters. The van der Waals surface area contributed by atoms with Crippen molar-refractivity contribution < 1.29 is 9.90 Å². The van der Waals surface area contributed by atoms with Crippen LogP contribution in [0.15, 0.2) is 6.07 Å². The molecule has 1 saturated heterocycles. The molecule has 110 valence electrons. The van der Waals surface area contributed by atoms with Gasteiger partial charge < -0.3 is 10.4 Å². The van der Waals surface area contributed by atoms with Crippen molar-refractivity contribution in [1.29, 1.82) is 0 Å². The third kappa shape index (κ3) is 3.28. The summed E-state index contributed by atoms with van der Waals surface area (Å²) in [7, 11) is 0. The summed E-state index contributed by atoms with van der Waals surface area (Å²) in [5, 5.41) is 12.5. The smallest absolute Gasteiger partial charge is 0.339 e. The van der Waals surface area contributed by atoms with Gasteiger partial charge in [0.25, 0.3) is 0 Å². The van der Waals surface area contributed by atoms with E-state index in [0.717, 1.165) is 30.9 Å². The van der Waals surface area contributed by atoms with Crippen LogP contribution < -0.4 is 5.32 Å². The predicted octanol–water partition coefficient (Wildman–Crippen LogP) is 2.29. The van der Waals surface area contributed by atoms with E-state index in [1.165, 1.54) is 12.8 Å². The van der Waals surface area contributed by atoms with Gasteiger partial charge in [0.2, 0.25) is 0 Å². The van der Waals surface area contributed by atoms with Crippen molar-refractivity contribution in [2.45, 2.75) is 39.7 Å². The first-order chi connectivity index (χ1) is 9.49. The van der Waals surface area contributed by atoms with Gasteiger partial charge in [0.1, 0.15) is 11.4 Å². The summed E-state index contributed by atoms with van der Waals surface area (Å²) in [4.78, 5) is 18.1. The Bertz CT molecular complexity index is 496. The number of pyridine rings is 1. The standard InChI is InChI=1S/C15H23N3O2/c1-10-8-11(2)17-14(13(10)15(19)20)16-9-12(3)18-6-4-5-7-18/h8,12H,4-7,9H2,1-3H3,(H,16,17)(H,19,20). The summed E-state index contributed by atoms with van der Waals surface area (Å²) in [5.74, 6) is -0.438. The summed E-state index contributed by atoms with van der Waals surface area (Å²) >= 11 is 0. The Morgan fingerprint density at radius 3 is 2.70 bits per heavy atom. The van der Waals surface area contributed by atoms with E-state index in [4.69, 9.17) is 0 Å². The average molecular weight is 277 g/mol. The quantitative estimate of drug-likeness (QED) is 0.864. The van der Waals surface area contributed by atoms with E-state index in [2.05, 4.69) is 22.1 Å². The third-order valence-electron chi connectivity index (χ3n) is 3.89. The first kappa shape index (κ1) is 14.8. The number of carboxylic acid groups (broad SMARTS) is 1. The number of rotatable bonds is 5. The molecule has 1 atom stereocenters. The number of aryl methyl sites for hydroxylation is 2. The van der Waals surface area contributed by atoms with Gasteiger partial charge in [-0.1, -0.05) is 0 Å². The second-order valence-corrected chi connectivity index (χ2v) is 5.58. The average Bonchev–Trinajstić information content (AvgIpc) is 2.88. The molecule has 5 heteroatoms. The summed E-state index contributed by atoms with van der Waals surface area (Å²) in [6, 6.07) is 2.19. The van der Waals surface area contributed by atoms with E-state index in [1.54, 1.807) is 6.07 Å². The molecule has 1 aromatic heterocycles. The van der Waals surface area contributed by atoms with Gasteiger partial charge in [0.05, 0.1) is 0 Å². The molecule has 0 radical (unpaired) electrons. The van der Waals surface area contributed by atoms with Gasteiger partial charge in [0.15, 0.2) is 0 Å². The van der Waals surface area contributed by atoms with Crippen molar-refractivity contribution in [1.82, 2.24) is 9.88 Å². The number of hydrogen-bond donors (Lipinski definition) is 2. The second kappa shape index (κ2) is 6.22. The van der Waals surface area contributed by atoms with Crippen molar-refractivity contribution in [2.75, 3.05) is 25.0 Å². The lowest BCUT2D eigenvalue weighted by atomic mass is 10.1. The molecule has 1 aliphatic rings. The van der Waals surface area contributed by atoms with Gasteiger partial charge in [-0.25, -0.2) is 9.78 Å². The summed E-state index contributed by atoms with van der Waals surface area (Å²) in [5.41, 5.74) is 1.87. The van der Waals surface area contributed by atoms with E-state index in [9.17, 15) is 9.90 Å². The van der Waals surface area contributed by atoms with E-state index in [1.807, 2.05) is 13.8 Å². The molecule has 1 aromatic rings. The molecule has 0 spiro atoms. The van der Waals surface area contributed by atoms with Crippen LogP contribution in [0.5, 0.6) is 0 Å². The SMILES string of the molecule is Cc1cc(C)c(C(=O)O)c(NCC(C)N2CCCC2)n1. The van der Waals surface area contributed by atoms with Crippen LogP contribution in [-0.2, 0) is 0 Å². The first-order valence-electron chi connectivity index (χ1n) is 7.18. The molecule has 2 heterocycles. The molecule has 20 heavy (non-hydrogen) atoms. The third-order valence-corrected chi connectivity index (χ3v) is 3.89. The van der Waals surface area contributed by atoms with Crippen LogP contribution in [0.4, 0.5) is 5.82 Å². The number of nitrogens with zero attached hydrogens (tertiary/aromatic N) is 2. The summed E-state index contributed by atoms with van der Waals surface area (Å²) in [6.45, 7) is 8.85. The highest BCUT2D eigenvalue weighted by molar-refractivity contribution is 5.94. The molecule has 1 aliphatic heterocycles. The maximum Gasteiger partial charge on any atom is 0.339 e. The number of carbonyl (C=O) groups is 1. The molecular weight excluding hydrogens is 254 g/mol. The molecule has 0 amide bonds. The Morgan fingerprint density at radius 1 is 1.45 bits per heavy atom. The van der Waals surface area contributed by atoms with Crippen LogP contribution in [0.2, 0.25) is 0 Å². The Morgan fingerprint density at radius 2 is 2.10 bits per heavy atom. The van der Waals surface area contributed by atoms with Crippen molar-refractivity contribution in [2.24, 2.45) is 0 Å². The van der Waals surface area contributed by atoms with Crippen LogP contribution in [0.1, 0.15) is 41.4 Å². The fourth-order valence-corrected chi connectivity index (χ4v) is 2.79. The Kier molecular flexibility index (Phi) is 4.60. The minimum atomic E-state index is -0.925. The van der Waals surface area contributed by atoms with Gasteiger partial charge in [-0.15, -0.1) is 0 Å². The zero-order valence-corrected chi connectivity index (χ0v) is 12.4. The van der Waals surface area contributed by atoms with Gasteiger partial charge in [0, 0.05) is 18.3 Å². The highest BCUT2D eigenvalue weighted by Crippen LogP contribution is 2.19. The lowest BCUT2D eigenvalue weighted by Crippen LogP contribution is -2.36. The fraction of sp³-hybridized carbons (Fsp3) is 0.600. The highest BCUT2D eigenvalue weighted by atomic mass is 16.4. The predicted molar refractivity (Wildman–Crippen MR) is 79.4 cm³/mol. The largest absolute Gasteiger partial charge is 0.478 e. The fourth-order valence-electron chi connectivity index (χ4n) is 2.79. The lowest BCUT2D eigenvalue weighted by molar-refractivity contribution is 0.0696. The number of aromatic carboxylic acids is 1. The van der Waals surface area contributed by atoms with E-state index in [0.29, 0.717) is 11.9 Å². The van der Waals surface area contributed by atoms with E-state index >= 15 is 0 Å². The molecule has 2 N–H and O–H groups in total. The van der Waals surface area contributed by atoms with Crippen LogP contribution in [0, 0.1) is 13.8 Å². The number of anilines is 1. The van der Waals surface area contributed by atoms with Crippen LogP contribution in [0.25, 0.3) is 0 Å². The second-order valence-electron chi connectivity index (χ2n) is 5.58. The van der Waals surface area contributed by atoms with Crippen molar-refractivity contribution in [3.8, 4) is 0 Å². The number of carboxylic acids is 1. The lowest BCUT2D eigenvalue weighted by Gasteiger charge is -2.24. The summed E-state index contributed by atoms with van der Waals surface area (Å²) < 4.78 is 0. The molecular formula is C15H23N3O2. The Balaban J connectivity index is 2.10. The van der Waals surface area contributed by atoms with E-state index < -0.39 is 5.97 Å². The molecule has 1 fully saturated rings. The van der Waals surface area contributed by atoms with E-state index in [-0.39, 0.29) is 5.56 Å². The zero-order valence-electron chi connectivity index (χ0n) is 12.4. The molecule has 5 nitrogen and oxygen atoms in total. The maximum atomic E-state index is 11.4. The highest BCUT2D eigenvalue weighted by Gasteiger charge is 2.20. The van der Waals surface area contributed by atoms with Crippen molar-refractivity contribution >= 4 is 11.8 Å². The molecule has 0 aromatic carbocycles. The van der Waals surface area contributed by atoms with Gasteiger partial charge in [-0.3, -0.25) is 4.90 Å². The zero-order chi connectivity index (χ0) is 14.7. The topological polar surface area (TPSA) is 65.5 Å². The van der Waals surface area contributed by atoms with Crippen LogP contribution >= 0.6 is 0 Å². The molecule has 0 saturated carbocycles.